The van der Waals surface area contributed by atoms with Crippen LogP contribution in [0.2, 0.25) is 15.6 Å². The number of aromatic hydroxyl groups is 1. The van der Waals surface area contributed by atoms with Gasteiger partial charge in [0, 0.05) is 13.0 Å². The molecule has 61 heavy (non-hydrogen) atoms. The summed E-state index contributed by atoms with van der Waals surface area (Å²) in [5, 5.41) is 25.1. The maximum Gasteiger partial charge on any atom is 0.243 e. The Kier molecular flexibility index (Phi) is 17.3. The lowest BCUT2D eigenvalue weighted by Crippen LogP contribution is -2.70. The minimum absolute atomic E-state index is 0.00917. The van der Waals surface area contributed by atoms with Crippen LogP contribution >= 0.6 is 0 Å². The van der Waals surface area contributed by atoms with Crippen molar-refractivity contribution < 1.29 is 24.3 Å². The maximum atomic E-state index is 15.2. The van der Waals surface area contributed by atoms with Gasteiger partial charge in [-0.15, -0.1) is 16.4 Å². The maximum absolute atomic E-state index is 15.2. The van der Waals surface area contributed by atoms with Gasteiger partial charge in [0.15, 0.2) is 5.96 Å². The van der Waals surface area contributed by atoms with Crippen molar-refractivity contribution in [3.63, 3.8) is 0 Å². The predicted octanol–water partition coefficient (Wildman–Crippen LogP) is -19.5. The first-order chi connectivity index (χ1) is 27.6. The third-order valence-electron chi connectivity index (χ3n) is 15.1. The van der Waals surface area contributed by atoms with Gasteiger partial charge in [-0.3, -0.25) is 24.6 Å². The minimum Gasteiger partial charge on any atom is -0.508 e. The second-order valence-corrected chi connectivity index (χ2v) is 20.1. The van der Waals surface area contributed by atoms with E-state index in [0.717, 1.165) is 32.9 Å². The largest absolute Gasteiger partial charge is 0.508 e. The Balaban J connectivity index is 2.84. The van der Waals surface area contributed by atoms with Crippen molar-refractivity contribution in [2.45, 2.75) is 83.5 Å². The Hall–Kier alpha value is -3.72. The van der Waals surface area contributed by atoms with Gasteiger partial charge in [-0.1, -0.05) is 37.5 Å². The Bertz CT molecular complexity index is 1980. The van der Waals surface area contributed by atoms with Gasteiger partial charge in [0.1, 0.15) is 104 Å². The van der Waals surface area contributed by atoms with Crippen molar-refractivity contribution >= 4 is 175 Å². The van der Waals surface area contributed by atoms with Crippen LogP contribution in [0.4, 0.5) is 0 Å². The van der Waals surface area contributed by atoms with Crippen LogP contribution in [-0.4, -0.2) is 188 Å². The first-order valence-corrected chi connectivity index (χ1v) is 21.3. The fraction of sp³-hybridized carbons (Fsp3) is 0.469. The molecule has 0 saturated carbocycles. The van der Waals surface area contributed by atoms with Crippen molar-refractivity contribution in [2.24, 2.45) is 22.9 Å². The molecule has 0 spiro atoms. The summed E-state index contributed by atoms with van der Waals surface area (Å²) in [6.45, 7) is 3.93. The molecule has 2 rings (SSSR count). The molecular weight excluding hydrogens is 753 g/mol. The number of carbonyl (C=O) groups excluding carboxylic acids is 4. The zero-order valence-electron chi connectivity index (χ0n) is 40.2. The van der Waals surface area contributed by atoms with Gasteiger partial charge in [-0.25, -0.2) is 0 Å². The summed E-state index contributed by atoms with van der Waals surface area (Å²) < 4.78 is 0. The van der Waals surface area contributed by atoms with E-state index in [2.05, 4.69) is 29.1 Å². The van der Waals surface area contributed by atoms with Gasteiger partial charge in [-0.2, -0.15) is 0 Å². The van der Waals surface area contributed by atoms with Gasteiger partial charge in [0.25, 0.3) is 0 Å². The summed E-state index contributed by atoms with van der Waals surface area (Å²) in [4.78, 5) is 57.5. The number of amides is 4. The first-order valence-electron chi connectivity index (χ1n) is 21.3. The molecular formula is C32H64B15N9O5. The molecule has 0 aliphatic heterocycles. The minimum atomic E-state index is -1.30. The molecule has 4 atom stereocenters. The highest BCUT2D eigenvalue weighted by molar-refractivity contribution is 6.69. The number of benzene rings is 2. The van der Waals surface area contributed by atoms with Gasteiger partial charge < -0.3 is 49.3 Å². The zero-order chi connectivity index (χ0) is 47.5. The summed E-state index contributed by atoms with van der Waals surface area (Å²) in [5.74, 6) is -2.77. The third kappa shape index (κ3) is 11.5. The molecule has 0 bridgehead atoms. The average Bonchev–Trinajstić information content (AvgIpc) is 3.12. The Labute approximate surface area is 377 Å². The fourth-order valence-electron chi connectivity index (χ4n) is 8.89. The van der Waals surface area contributed by atoms with Gasteiger partial charge in [-0.05, 0) is 60.7 Å². The highest BCUT2D eigenvalue weighted by Gasteiger charge is 2.56. The molecule has 0 radical (unpaired) electrons. The number of nitrogens with one attached hydrogen (secondary N) is 5. The van der Waals surface area contributed by atoms with Gasteiger partial charge in [0.2, 0.25) is 23.6 Å². The molecule has 312 valence electrons. The van der Waals surface area contributed by atoms with Crippen LogP contribution < -0.4 is 71.5 Å². The van der Waals surface area contributed by atoms with Crippen molar-refractivity contribution in [2.75, 3.05) is 6.54 Å². The van der Waals surface area contributed by atoms with Crippen molar-refractivity contribution in [1.29, 1.82) is 5.41 Å². The molecule has 0 aromatic heterocycles. The summed E-state index contributed by atoms with van der Waals surface area (Å²) in [5.41, 5.74) is 33.1. The van der Waals surface area contributed by atoms with E-state index in [9.17, 15) is 19.5 Å². The summed E-state index contributed by atoms with van der Waals surface area (Å²) in [6.07, 6.45) is 0.671. The topological polar surface area (TPSA) is 265 Å². The van der Waals surface area contributed by atoms with E-state index >= 15 is 4.79 Å². The lowest BCUT2D eigenvalue weighted by molar-refractivity contribution is -0.134. The molecule has 0 fully saturated rings. The van der Waals surface area contributed by atoms with Crippen LogP contribution in [0, 0.1) is 19.3 Å². The number of primary amides is 1. The third-order valence-corrected chi connectivity index (χ3v) is 15.1. The Morgan fingerprint density at radius 1 is 0.721 bits per heavy atom. The van der Waals surface area contributed by atoms with Crippen LogP contribution in [0.15, 0.2) is 12.1 Å². The van der Waals surface area contributed by atoms with Gasteiger partial charge >= 0.3 is 0 Å². The molecule has 0 aliphatic rings. The molecule has 1 unspecified atom stereocenters. The summed E-state index contributed by atoms with van der Waals surface area (Å²) in [6, 6.07) is -1.58. The van der Waals surface area contributed by atoms with Crippen LogP contribution in [0.1, 0.15) is 35.1 Å². The number of hydrogen-bond donors (Lipinski definition) is 10. The van der Waals surface area contributed by atoms with E-state index in [1.54, 1.807) is 26.0 Å². The van der Waals surface area contributed by atoms with Crippen LogP contribution in [0.25, 0.3) is 0 Å². The molecule has 14 N–H and O–H groups in total. The van der Waals surface area contributed by atoms with E-state index in [-0.39, 0.29) is 24.6 Å². The lowest BCUT2D eigenvalue weighted by atomic mass is 9.11. The molecule has 4 amide bonds. The second kappa shape index (κ2) is 19.8. The van der Waals surface area contributed by atoms with Gasteiger partial charge in [0.05, 0.1) is 43.5 Å². The smallest absolute Gasteiger partial charge is 0.243 e. The SMILES string of the molecule is Bc1c(B)c(B)c(C(B)(B)[C@H](NC(=O)C(NC(=O)[C@H](Cc2c(C)cc(O)cc2C)NC(=O)[C@H](N)CCCNC(=N)N)C(B)(B)C(B)(B)C(B)(B)C(B)(B)N)C(N)=O)c(B)c1B. The molecule has 0 saturated heterocycles. The quantitative estimate of drug-likeness (QED) is 0.0279. The standard InChI is InChI=1S/C32H64B15N9O5/c1-9-6-11(57)7-10(2)12(9)8-14(54-24(59)13(48)4-3-5-53-27(50)51)25(60)56-22(29(40,41)30(42,43)31(44,45)32(46,47)52)26(61)55-21(23(49)58)28(38,39)15-16(33)18(35)20(37)19(36)17(15)34/h6-7,13-14,21-22,57H,3-5,8,33-48,52H2,1-2H3,(H2,49,58)(H,54,59)(H,55,61)(H,56,60)(H4,50,51,53)/t13-,14+,21-,22?/m1/s1. The molecule has 0 aliphatic carbocycles. The number of phenols is 1. The Morgan fingerprint density at radius 3 is 1.62 bits per heavy atom. The number of rotatable bonds is 19. The van der Waals surface area contributed by atoms with E-state index in [4.69, 9.17) is 28.3 Å². The average molecular weight is 817 g/mol. The number of carbonyl (C=O) groups is 4. The molecule has 29 heteroatoms. The zero-order valence-corrected chi connectivity index (χ0v) is 40.2. The highest BCUT2D eigenvalue weighted by atomic mass is 16.3. The van der Waals surface area contributed by atoms with E-state index in [1.165, 1.54) is 0 Å². The number of nitrogens with two attached hydrogens (primary N) is 4. The molecule has 2 aromatic carbocycles. The lowest BCUT2D eigenvalue weighted by Gasteiger charge is -2.61. The normalized spacial score (nSPS) is 14.4. The second-order valence-electron chi connectivity index (χ2n) is 20.1. The van der Waals surface area contributed by atoms with E-state index < -0.39 is 74.0 Å². The van der Waals surface area contributed by atoms with Crippen molar-refractivity contribution in [1.82, 2.24) is 21.3 Å². The van der Waals surface area contributed by atoms with Crippen LogP contribution in [0.3, 0.4) is 0 Å². The van der Waals surface area contributed by atoms with Crippen LogP contribution in [-0.2, 0) is 30.8 Å². The van der Waals surface area contributed by atoms with Crippen LogP contribution in [0.5, 0.6) is 5.75 Å². The van der Waals surface area contributed by atoms with E-state index in [0.29, 0.717) is 29.7 Å². The monoisotopic (exact) mass is 820 g/mol. The number of guanidine groups is 1. The summed E-state index contributed by atoms with van der Waals surface area (Å²) in [7, 11) is 29.7. The Morgan fingerprint density at radius 2 is 1.18 bits per heavy atom. The van der Waals surface area contributed by atoms with Crippen molar-refractivity contribution in [3.8, 4) is 5.75 Å². The first kappa shape index (κ1) is 53.4. The molecule has 0 heterocycles. The fourth-order valence-corrected chi connectivity index (χ4v) is 8.89. The molecule has 2 aromatic rings. The summed E-state index contributed by atoms with van der Waals surface area (Å²) >= 11 is 0. The molecule has 14 nitrogen and oxygen atoms in total. The van der Waals surface area contributed by atoms with E-state index in [1.807, 2.05) is 110 Å². The highest BCUT2D eigenvalue weighted by Crippen LogP contribution is 2.60. The predicted molar refractivity (Wildman–Crippen MR) is 293 cm³/mol. The number of phenolic OH excluding ortho intramolecular Hbond substituents is 1. The van der Waals surface area contributed by atoms with Crippen molar-refractivity contribution in [3.05, 3.63) is 34.4 Å². The number of hydrogen-bond acceptors (Lipinski definition) is 8. The number of aryl methyl sites for hydroxylation is 2.